The minimum absolute atomic E-state index is 0.0323. The van der Waals surface area contributed by atoms with E-state index in [1.165, 1.54) is 0 Å². The first-order valence-corrected chi connectivity index (χ1v) is 9.54. The molecule has 142 valence electrons. The molecule has 2 amide bonds. The van der Waals surface area contributed by atoms with Crippen LogP contribution in [-0.4, -0.2) is 25.0 Å². The van der Waals surface area contributed by atoms with Crippen LogP contribution in [0.2, 0.25) is 0 Å². The van der Waals surface area contributed by atoms with Gasteiger partial charge in [0.05, 0.1) is 5.69 Å². The van der Waals surface area contributed by atoms with Crippen LogP contribution in [-0.2, 0) is 4.79 Å². The molecule has 4 rings (SSSR count). The smallest absolute Gasteiger partial charge is 0.262 e. The molecule has 5 nitrogen and oxygen atoms in total. The number of carbonyl (C=O) groups is 2. The molecule has 0 atom stereocenters. The second-order valence-corrected chi connectivity index (χ2v) is 6.82. The van der Waals surface area contributed by atoms with Crippen LogP contribution in [0.4, 0.5) is 11.4 Å². The predicted octanol–water partition coefficient (Wildman–Crippen LogP) is 4.62. The summed E-state index contributed by atoms with van der Waals surface area (Å²) in [5.74, 6) is 0.442. The summed E-state index contributed by atoms with van der Waals surface area (Å²) in [5, 5.41) is 4.69. The number of ether oxygens (including phenoxy) is 1. The van der Waals surface area contributed by atoms with Crippen molar-refractivity contribution in [1.82, 2.24) is 0 Å². The van der Waals surface area contributed by atoms with E-state index in [0.29, 0.717) is 23.5 Å². The van der Waals surface area contributed by atoms with E-state index in [4.69, 9.17) is 4.74 Å². The Bertz CT molecular complexity index is 1030. The van der Waals surface area contributed by atoms with Gasteiger partial charge >= 0.3 is 0 Å². The lowest BCUT2D eigenvalue weighted by Crippen LogP contribution is -2.27. The van der Waals surface area contributed by atoms with E-state index in [0.717, 1.165) is 29.3 Å². The normalized spacial score (nSPS) is 12.5. The van der Waals surface area contributed by atoms with Crippen LogP contribution in [0.1, 0.15) is 30.1 Å². The lowest BCUT2D eigenvalue weighted by molar-refractivity contribution is -0.118. The van der Waals surface area contributed by atoms with Crippen molar-refractivity contribution in [2.24, 2.45) is 0 Å². The molecule has 0 saturated heterocycles. The van der Waals surface area contributed by atoms with E-state index < -0.39 is 0 Å². The second-order valence-electron chi connectivity index (χ2n) is 6.82. The molecule has 0 radical (unpaired) electrons. The maximum Gasteiger partial charge on any atom is 0.262 e. The average Bonchev–Trinajstić information content (AvgIpc) is 3.00. The van der Waals surface area contributed by atoms with Crippen molar-refractivity contribution in [3.05, 3.63) is 66.2 Å². The van der Waals surface area contributed by atoms with Gasteiger partial charge in [0.2, 0.25) is 0 Å². The Kier molecular flexibility index (Phi) is 4.98. The van der Waals surface area contributed by atoms with Crippen LogP contribution < -0.4 is 15.0 Å². The molecule has 1 heterocycles. The minimum Gasteiger partial charge on any atom is -0.484 e. The number of nitrogens with one attached hydrogen (secondary N) is 1. The summed E-state index contributed by atoms with van der Waals surface area (Å²) in [4.78, 5) is 27.0. The van der Waals surface area contributed by atoms with Gasteiger partial charge in [0, 0.05) is 28.6 Å². The molecule has 0 bridgehead atoms. The summed E-state index contributed by atoms with van der Waals surface area (Å²) in [7, 11) is 0. The lowest BCUT2D eigenvalue weighted by Gasteiger charge is -2.17. The fraction of sp³-hybridized carbons (Fsp3) is 0.217. The molecule has 0 fully saturated rings. The first-order valence-electron chi connectivity index (χ1n) is 9.54. The van der Waals surface area contributed by atoms with E-state index in [1.54, 1.807) is 0 Å². The van der Waals surface area contributed by atoms with Crippen molar-refractivity contribution in [2.45, 2.75) is 19.8 Å². The number of hydrogen-bond acceptors (Lipinski definition) is 3. The molecule has 0 aliphatic carbocycles. The van der Waals surface area contributed by atoms with Crippen molar-refractivity contribution in [2.75, 3.05) is 23.4 Å². The molecular formula is C23H22N2O3. The Morgan fingerprint density at radius 3 is 2.64 bits per heavy atom. The molecule has 0 saturated carbocycles. The monoisotopic (exact) mass is 374 g/mol. The zero-order valence-corrected chi connectivity index (χ0v) is 15.8. The number of carbonyl (C=O) groups excluding carboxylic acids is 2. The largest absolute Gasteiger partial charge is 0.484 e. The van der Waals surface area contributed by atoms with E-state index >= 15 is 0 Å². The van der Waals surface area contributed by atoms with Crippen LogP contribution in [0, 0.1) is 0 Å². The molecule has 0 aromatic heterocycles. The van der Waals surface area contributed by atoms with Crippen molar-refractivity contribution in [1.29, 1.82) is 0 Å². The number of hydrogen-bond donors (Lipinski definition) is 1. The summed E-state index contributed by atoms with van der Waals surface area (Å²) in [5.41, 5.74) is 2.30. The molecule has 3 aromatic rings. The van der Waals surface area contributed by atoms with Gasteiger partial charge in [-0.15, -0.1) is 0 Å². The fourth-order valence-corrected chi connectivity index (χ4v) is 3.55. The van der Waals surface area contributed by atoms with Crippen molar-refractivity contribution in [3.63, 3.8) is 0 Å². The van der Waals surface area contributed by atoms with Gasteiger partial charge in [-0.05, 0) is 36.8 Å². The van der Waals surface area contributed by atoms with E-state index in [1.807, 2.05) is 65.6 Å². The predicted molar refractivity (Wildman–Crippen MR) is 111 cm³/mol. The van der Waals surface area contributed by atoms with Gasteiger partial charge in [0.25, 0.3) is 11.8 Å². The summed E-state index contributed by atoms with van der Waals surface area (Å²) in [6.45, 7) is 2.74. The molecule has 5 heteroatoms. The van der Waals surface area contributed by atoms with Gasteiger partial charge in [-0.1, -0.05) is 43.7 Å². The summed E-state index contributed by atoms with van der Waals surface area (Å²) in [6, 6.07) is 18.7. The maximum absolute atomic E-state index is 12.8. The molecule has 1 aliphatic heterocycles. The molecule has 3 aromatic carbocycles. The number of para-hydroxylation sites is 1. The van der Waals surface area contributed by atoms with Gasteiger partial charge in [-0.2, -0.15) is 0 Å². The first kappa shape index (κ1) is 18.0. The number of amides is 2. The summed E-state index contributed by atoms with van der Waals surface area (Å²) < 4.78 is 5.52. The quantitative estimate of drug-likeness (QED) is 0.657. The molecule has 1 aliphatic rings. The zero-order chi connectivity index (χ0) is 19.5. The topological polar surface area (TPSA) is 58.6 Å². The summed E-state index contributed by atoms with van der Waals surface area (Å²) in [6.07, 6.45) is 1.98. The third kappa shape index (κ3) is 3.31. The van der Waals surface area contributed by atoms with Gasteiger partial charge in [0.1, 0.15) is 5.75 Å². The third-order valence-corrected chi connectivity index (χ3v) is 4.91. The number of nitrogens with zero attached hydrogens (tertiary/aromatic N) is 1. The Balaban J connectivity index is 1.57. The highest BCUT2D eigenvalue weighted by Crippen LogP contribution is 2.40. The van der Waals surface area contributed by atoms with E-state index in [9.17, 15) is 9.59 Å². The van der Waals surface area contributed by atoms with Gasteiger partial charge in [0.15, 0.2) is 6.61 Å². The van der Waals surface area contributed by atoms with Gasteiger partial charge in [-0.25, -0.2) is 0 Å². The Morgan fingerprint density at radius 2 is 1.86 bits per heavy atom. The number of benzene rings is 3. The zero-order valence-electron chi connectivity index (χ0n) is 15.8. The standard InChI is InChI=1S/C23H22N2O3/c1-2-3-14-25-20-13-12-19(17-10-7-11-18(22(17)20)23(25)27)24-21(26)15-28-16-8-5-4-6-9-16/h4-13H,2-3,14-15H2,1H3,(H,24,26). The van der Waals surface area contributed by atoms with Crippen molar-refractivity contribution < 1.29 is 14.3 Å². The number of rotatable bonds is 7. The van der Waals surface area contributed by atoms with Crippen LogP contribution in [0.5, 0.6) is 5.75 Å². The van der Waals surface area contributed by atoms with E-state index in [-0.39, 0.29) is 18.4 Å². The average molecular weight is 374 g/mol. The lowest BCUT2D eigenvalue weighted by atomic mass is 10.0. The molecule has 0 unspecified atom stereocenters. The van der Waals surface area contributed by atoms with Crippen LogP contribution in [0.25, 0.3) is 10.8 Å². The number of unbranched alkanes of at least 4 members (excludes halogenated alkanes) is 1. The van der Waals surface area contributed by atoms with Crippen molar-refractivity contribution in [3.8, 4) is 5.75 Å². The SMILES string of the molecule is CCCCN1C(=O)c2cccc3c(NC(=O)COc4ccccc4)ccc1c23. The van der Waals surface area contributed by atoms with Crippen LogP contribution >= 0.6 is 0 Å². The maximum atomic E-state index is 12.8. The highest BCUT2D eigenvalue weighted by atomic mass is 16.5. The molecule has 1 N–H and O–H groups in total. The van der Waals surface area contributed by atoms with Gasteiger partial charge < -0.3 is 15.0 Å². The summed E-state index contributed by atoms with van der Waals surface area (Å²) >= 11 is 0. The first-order chi connectivity index (χ1) is 13.7. The molecular weight excluding hydrogens is 352 g/mol. The third-order valence-electron chi connectivity index (χ3n) is 4.91. The number of anilines is 2. The Labute approximate surface area is 163 Å². The molecule has 0 spiro atoms. The Hall–Kier alpha value is -3.34. The van der Waals surface area contributed by atoms with E-state index in [2.05, 4.69) is 12.2 Å². The second kappa shape index (κ2) is 7.72. The Morgan fingerprint density at radius 1 is 1.04 bits per heavy atom. The molecule has 28 heavy (non-hydrogen) atoms. The van der Waals surface area contributed by atoms with Crippen LogP contribution in [0.15, 0.2) is 60.7 Å². The van der Waals surface area contributed by atoms with Crippen molar-refractivity contribution >= 4 is 34.0 Å². The van der Waals surface area contributed by atoms with Crippen LogP contribution in [0.3, 0.4) is 0 Å². The fourth-order valence-electron chi connectivity index (χ4n) is 3.55. The highest BCUT2D eigenvalue weighted by Gasteiger charge is 2.30. The van der Waals surface area contributed by atoms with Gasteiger partial charge in [-0.3, -0.25) is 9.59 Å². The minimum atomic E-state index is -0.239. The highest BCUT2D eigenvalue weighted by molar-refractivity contribution is 6.27.